The van der Waals surface area contributed by atoms with Crippen LogP contribution in [0.1, 0.15) is 82.1 Å². The molecule has 0 unspecified atom stereocenters. The molecule has 0 heterocycles. The van der Waals surface area contributed by atoms with Crippen molar-refractivity contribution in [2.24, 2.45) is 5.41 Å². The van der Waals surface area contributed by atoms with Crippen molar-refractivity contribution in [3.05, 3.63) is 84.5 Å². The van der Waals surface area contributed by atoms with Crippen molar-refractivity contribution >= 4 is 33.0 Å². The van der Waals surface area contributed by atoms with E-state index in [1.165, 1.54) is 0 Å². The molecule has 5 nitrogen and oxygen atoms in total. The number of aliphatic hydroxyl groups excluding tert-OH is 1. The van der Waals surface area contributed by atoms with E-state index in [1.54, 1.807) is 0 Å². The minimum absolute atomic E-state index is 0.126. The molecule has 7 heteroatoms. The minimum Gasteiger partial charge on any atom is -0.461 e. The van der Waals surface area contributed by atoms with E-state index >= 15 is 0 Å². The number of hydrogen-bond donors (Lipinski definition) is 1. The van der Waals surface area contributed by atoms with Gasteiger partial charge in [0, 0.05) is 6.61 Å². The summed E-state index contributed by atoms with van der Waals surface area (Å²) in [6.45, 7) is 30.4. The van der Waals surface area contributed by atoms with Gasteiger partial charge in [0.25, 0.3) is 8.32 Å². The highest BCUT2D eigenvalue weighted by Crippen LogP contribution is 2.39. The monoisotopic (exact) mass is 652 g/mol. The van der Waals surface area contributed by atoms with E-state index < -0.39 is 34.3 Å². The van der Waals surface area contributed by atoms with Crippen LogP contribution < -0.4 is 10.4 Å². The Morgan fingerprint density at radius 1 is 0.867 bits per heavy atom. The molecule has 0 aliphatic carbocycles. The third kappa shape index (κ3) is 10.6. The van der Waals surface area contributed by atoms with Crippen LogP contribution in [0, 0.1) is 5.41 Å². The molecule has 2 atom stereocenters. The maximum absolute atomic E-state index is 12.6. The molecule has 0 saturated carbocycles. The molecule has 0 saturated heterocycles. The molecule has 1 N–H and O–H groups in total. The Morgan fingerprint density at radius 3 is 1.78 bits per heavy atom. The summed E-state index contributed by atoms with van der Waals surface area (Å²) in [5, 5.41) is 14.0. The summed E-state index contributed by atoms with van der Waals surface area (Å²) in [5.41, 5.74) is 1.14. The fourth-order valence-electron chi connectivity index (χ4n) is 5.02. The Bertz CT molecular complexity index is 1230. The second-order valence-electron chi connectivity index (χ2n) is 16.0. The van der Waals surface area contributed by atoms with Gasteiger partial charge in [-0.15, -0.1) is 0 Å². The molecule has 2 aromatic carbocycles. The van der Waals surface area contributed by atoms with Crippen LogP contribution >= 0.6 is 0 Å². The summed E-state index contributed by atoms with van der Waals surface area (Å²) in [4.78, 5) is 12.6. The summed E-state index contributed by atoms with van der Waals surface area (Å²) in [6, 6.07) is 20.8. The standard InChI is InChI=1S/C38H60O5Si2/c1-29(24-25-42-44(12,13)37(6,7)8)26-33(39)34(27-30(2)28-41-35(40)36(3,4)5)43-45(38(9,10)11,31-20-16-14-17-21-31)32-22-18-15-19-23-32/h14-23,27,33-34,39H,1,24-26,28H2,2-13H3/b30-27+/t33-,34-/m1/s1. The quantitative estimate of drug-likeness (QED) is 0.127. The molecule has 0 aliphatic rings. The molecule has 2 aromatic rings. The lowest BCUT2D eigenvalue weighted by Crippen LogP contribution is -2.68. The van der Waals surface area contributed by atoms with Gasteiger partial charge in [0.1, 0.15) is 6.61 Å². The van der Waals surface area contributed by atoms with Gasteiger partial charge in [-0.25, -0.2) is 0 Å². The number of ether oxygens (including phenoxy) is 1. The second kappa shape index (κ2) is 15.5. The maximum Gasteiger partial charge on any atom is 0.311 e. The number of hydrogen-bond acceptors (Lipinski definition) is 5. The number of esters is 1. The first-order chi connectivity index (χ1) is 20.6. The summed E-state index contributed by atoms with van der Waals surface area (Å²) in [5.74, 6) is -0.268. The Balaban J connectivity index is 2.51. The first-order valence-corrected chi connectivity index (χ1v) is 21.1. The van der Waals surface area contributed by atoms with Crippen LogP contribution in [-0.2, 0) is 18.4 Å². The van der Waals surface area contributed by atoms with Gasteiger partial charge in [0.05, 0.1) is 17.6 Å². The summed E-state index contributed by atoms with van der Waals surface area (Å²) in [7, 11) is -4.89. The molecular formula is C38H60O5Si2. The van der Waals surface area contributed by atoms with Crippen molar-refractivity contribution in [3.8, 4) is 0 Å². The zero-order chi connectivity index (χ0) is 34.3. The van der Waals surface area contributed by atoms with Gasteiger partial charge in [-0.2, -0.15) is 0 Å². The van der Waals surface area contributed by atoms with Crippen molar-refractivity contribution in [2.75, 3.05) is 13.2 Å². The molecule has 0 aliphatic heterocycles. The Morgan fingerprint density at radius 2 is 1.36 bits per heavy atom. The zero-order valence-electron chi connectivity index (χ0n) is 30.1. The molecule has 250 valence electrons. The smallest absolute Gasteiger partial charge is 0.311 e. The fraction of sp³-hybridized carbons (Fsp3) is 0.553. The summed E-state index contributed by atoms with van der Waals surface area (Å²) >= 11 is 0. The molecule has 0 fully saturated rings. The molecule has 45 heavy (non-hydrogen) atoms. The van der Waals surface area contributed by atoms with Crippen LogP contribution in [-0.4, -0.2) is 53.1 Å². The van der Waals surface area contributed by atoms with Crippen LogP contribution in [0.3, 0.4) is 0 Å². The van der Waals surface area contributed by atoms with Gasteiger partial charge < -0.3 is 18.7 Å². The van der Waals surface area contributed by atoms with E-state index in [9.17, 15) is 9.90 Å². The highest BCUT2D eigenvalue weighted by molar-refractivity contribution is 6.99. The first-order valence-electron chi connectivity index (χ1n) is 16.2. The lowest BCUT2D eigenvalue weighted by Gasteiger charge is -2.45. The Hall–Kier alpha value is -2.30. The van der Waals surface area contributed by atoms with Crippen molar-refractivity contribution < 1.29 is 23.5 Å². The van der Waals surface area contributed by atoms with Crippen molar-refractivity contribution in [2.45, 2.75) is 117 Å². The van der Waals surface area contributed by atoms with Gasteiger partial charge in [-0.1, -0.05) is 120 Å². The van der Waals surface area contributed by atoms with Crippen LogP contribution in [0.15, 0.2) is 84.5 Å². The average Bonchev–Trinajstić information content (AvgIpc) is 2.92. The van der Waals surface area contributed by atoms with E-state index in [0.29, 0.717) is 19.4 Å². The number of carbonyl (C=O) groups is 1. The first kappa shape index (κ1) is 38.9. The topological polar surface area (TPSA) is 65.0 Å². The molecule has 0 radical (unpaired) electrons. The molecule has 0 aromatic heterocycles. The molecule has 2 rings (SSSR count). The van der Waals surface area contributed by atoms with Crippen molar-refractivity contribution in [1.29, 1.82) is 0 Å². The van der Waals surface area contributed by atoms with E-state index in [4.69, 9.17) is 13.6 Å². The minimum atomic E-state index is -3.00. The Kier molecular flexibility index (Phi) is 13.4. The van der Waals surface area contributed by atoms with Crippen LogP contribution in [0.25, 0.3) is 0 Å². The van der Waals surface area contributed by atoms with E-state index in [0.717, 1.165) is 21.5 Å². The van der Waals surface area contributed by atoms with Crippen LogP contribution in [0.2, 0.25) is 23.2 Å². The normalized spacial score (nSPS) is 15.0. The van der Waals surface area contributed by atoms with E-state index in [1.807, 2.05) is 45.9 Å². The van der Waals surface area contributed by atoms with E-state index in [-0.39, 0.29) is 22.7 Å². The van der Waals surface area contributed by atoms with Gasteiger partial charge in [-0.05, 0) is 79.7 Å². The predicted octanol–water partition coefficient (Wildman–Crippen LogP) is 8.19. The van der Waals surface area contributed by atoms with Crippen molar-refractivity contribution in [3.63, 3.8) is 0 Å². The zero-order valence-corrected chi connectivity index (χ0v) is 32.1. The highest BCUT2D eigenvalue weighted by Gasteiger charge is 2.52. The van der Waals surface area contributed by atoms with E-state index in [2.05, 4.69) is 110 Å². The lowest BCUT2D eigenvalue weighted by atomic mass is 9.97. The molecule has 0 spiro atoms. The number of carbonyl (C=O) groups excluding carboxylic acids is 1. The summed E-state index contributed by atoms with van der Waals surface area (Å²) < 4.78 is 19.4. The van der Waals surface area contributed by atoms with Gasteiger partial charge in [-0.3, -0.25) is 4.79 Å². The predicted molar refractivity (Wildman–Crippen MR) is 194 cm³/mol. The number of rotatable bonds is 14. The van der Waals surface area contributed by atoms with Crippen LogP contribution in [0.5, 0.6) is 0 Å². The summed E-state index contributed by atoms with van der Waals surface area (Å²) in [6.07, 6.45) is 1.46. The van der Waals surface area contributed by atoms with Gasteiger partial charge in [0.15, 0.2) is 8.32 Å². The largest absolute Gasteiger partial charge is 0.461 e. The third-order valence-corrected chi connectivity index (χ3v) is 18.4. The van der Waals surface area contributed by atoms with Gasteiger partial charge >= 0.3 is 5.97 Å². The molecule has 0 amide bonds. The Labute approximate surface area is 276 Å². The number of benzene rings is 2. The average molecular weight is 653 g/mol. The fourth-order valence-corrected chi connectivity index (χ4v) is 10.7. The SMILES string of the molecule is C=C(CCO[Si](C)(C)C(C)(C)C)C[C@@H](O)[C@@H](/C=C(\C)COC(=O)C(C)(C)C)O[Si](c1ccccc1)(c1ccccc1)C(C)(C)C. The van der Waals surface area contributed by atoms with Crippen molar-refractivity contribution in [1.82, 2.24) is 0 Å². The lowest BCUT2D eigenvalue weighted by molar-refractivity contribution is -0.151. The number of aliphatic hydroxyl groups is 1. The third-order valence-electron chi connectivity index (χ3n) is 8.82. The highest BCUT2D eigenvalue weighted by atomic mass is 28.4. The van der Waals surface area contributed by atoms with Crippen LogP contribution in [0.4, 0.5) is 0 Å². The molecular weight excluding hydrogens is 593 g/mol. The maximum atomic E-state index is 12.6. The molecule has 0 bridgehead atoms. The second-order valence-corrected chi connectivity index (χ2v) is 25.0. The van der Waals surface area contributed by atoms with Gasteiger partial charge in [0.2, 0.25) is 0 Å².